The Bertz CT molecular complexity index is 797. The molecule has 0 saturated heterocycles. The first kappa shape index (κ1) is 15.7. The maximum absolute atomic E-state index is 12.5. The van der Waals surface area contributed by atoms with Crippen LogP contribution in [0.2, 0.25) is 0 Å². The van der Waals surface area contributed by atoms with Crippen LogP contribution in [0.1, 0.15) is 21.5 Å². The number of carbonyl (C=O) groups is 1. The van der Waals surface area contributed by atoms with E-state index in [2.05, 4.69) is 15.9 Å². The van der Waals surface area contributed by atoms with Crippen LogP contribution in [-0.4, -0.2) is 19.5 Å². The number of hydrogen-bond acceptors (Lipinski definition) is 3. The normalized spacial score (nSPS) is 11.3. The molecule has 0 aliphatic heterocycles. The second-order valence-corrected chi connectivity index (χ2v) is 7.40. The summed E-state index contributed by atoms with van der Waals surface area (Å²) in [5.74, 6) is -1.32. The van der Waals surface area contributed by atoms with Crippen LogP contribution in [0.4, 0.5) is 0 Å². The second kappa shape index (κ2) is 5.99. The molecule has 2 aromatic rings. The van der Waals surface area contributed by atoms with Crippen LogP contribution in [-0.2, 0) is 15.6 Å². The van der Waals surface area contributed by atoms with E-state index in [1.807, 2.05) is 0 Å². The minimum Gasteiger partial charge on any atom is -0.478 e. The van der Waals surface area contributed by atoms with Crippen molar-refractivity contribution >= 4 is 31.7 Å². The lowest BCUT2D eigenvalue weighted by atomic mass is 10.1. The number of halogens is 1. The molecule has 2 aromatic carbocycles. The van der Waals surface area contributed by atoms with Crippen LogP contribution < -0.4 is 0 Å². The largest absolute Gasteiger partial charge is 0.478 e. The summed E-state index contributed by atoms with van der Waals surface area (Å²) >= 11 is 3.32. The molecule has 0 aliphatic carbocycles. The van der Waals surface area contributed by atoms with E-state index < -0.39 is 15.8 Å². The van der Waals surface area contributed by atoms with Crippen molar-refractivity contribution in [2.75, 3.05) is 0 Å². The highest BCUT2D eigenvalue weighted by Crippen LogP contribution is 2.25. The van der Waals surface area contributed by atoms with Crippen LogP contribution in [0.5, 0.6) is 0 Å². The van der Waals surface area contributed by atoms with Crippen molar-refractivity contribution < 1.29 is 18.3 Å². The molecule has 0 saturated carbocycles. The zero-order valence-corrected chi connectivity index (χ0v) is 13.6. The van der Waals surface area contributed by atoms with Crippen molar-refractivity contribution in [2.24, 2.45) is 0 Å². The first-order valence-electron chi connectivity index (χ1n) is 6.12. The Hall–Kier alpha value is -1.66. The molecule has 0 aromatic heterocycles. The molecule has 6 heteroatoms. The van der Waals surface area contributed by atoms with Gasteiger partial charge in [0.2, 0.25) is 0 Å². The quantitative estimate of drug-likeness (QED) is 0.896. The van der Waals surface area contributed by atoms with Gasteiger partial charge in [0.05, 0.1) is 16.2 Å². The predicted molar refractivity (Wildman–Crippen MR) is 83.2 cm³/mol. The van der Waals surface area contributed by atoms with Crippen LogP contribution in [0.15, 0.2) is 51.8 Å². The summed E-state index contributed by atoms with van der Waals surface area (Å²) in [5, 5.41) is 9.09. The summed E-state index contributed by atoms with van der Waals surface area (Å²) in [4.78, 5) is 11.2. The molecule has 0 aliphatic rings. The fraction of sp³-hybridized carbons (Fsp3) is 0.133. The second-order valence-electron chi connectivity index (χ2n) is 4.58. The van der Waals surface area contributed by atoms with E-state index in [1.165, 1.54) is 25.1 Å². The maximum atomic E-state index is 12.5. The van der Waals surface area contributed by atoms with Gasteiger partial charge in [-0.2, -0.15) is 0 Å². The Kier molecular flexibility index (Phi) is 4.49. The van der Waals surface area contributed by atoms with Gasteiger partial charge < -0.3 is 5.11 Å². The van der Waals surface area contributed by atoms with E-state index in [-0.39, 0.29) is 21.8 Å². The minimum absolute atomic E-state index is 0.00297. The zero-order valence-electron chi connectivity index (χ0n) is 11.2. The standard InChI is InChI=1S/C15H13BrO4S/c1-10-12(15(17)18)6-4-8-14(10)21(19,20)9-11-5-2-3-7-13(11)16/h2-8H,9H2,1H3,(H,17,18). The van der Waals surface area contributed by atoms with Crippen molar-refractivity contribution in [3.05, 3.63) is 63.6 Å². The molecule has 4 nitrogen and oxygen atoms in total. The molecule has 2 rings (SSSR count). The van der Waals surface area contributed by atoms with Crippen LogP contribution in [0.25, 0.3) is 0 Å². The van der Waals surface area contributed by atoms with Crippen LogP contribution in [0.3, 0.4) is 0 Å². The highest BCUT2D eigenvalue weighted by atomic mass is 79.9. The summed E-state index contributed by atoms with van der Waals surface area (Å²) in [6, 6.07) is 11.3. The highest BCUT2D eigenvalue weighted by molar-refractivity contribution is 9.10. The van der Waals surface area contributed by atoms with Crippen molar-refractivity contribution in [1.29, 1.82) is 0 Å². The number of carboxylic acid groups (broad SMARTS) is 1. The molecule has 21 heavy (non-hydrogen) atoms. The zero-order chi connectivity index (χ0) is 15.6. The first-order valence-corrected chi connectivity index (χ1v) is 8.56. The number of sulfone groups is 1. The van der Waals surface area contributed by atoms with Crippen molar-refractivity contribution in [3.8, 4) is 0 Å². The van der Waals surface area contributed by atoms with Gasteiger partial charge in [-0.25, -0.2) is 13.2 Å². The average Bonchev–Trinajstić information content (AvgIpc) is 2.41. The Morgan fingerprint density at radius 1 is 1.14 bits per heavy atom. The lowest BCUT2D eigenvalue weighted by Gasteiger charge is -2.10. The van der Waals surface area contributed by atoms with Gasteiger partial charge in [0.25, 0.3) is 0 Å². The van der Waals surface area contributed by atoms with Gasteiger partial charge in [-0.3, -0.25) is 0 Å². The Balaban J connectivity index is 2.48. The van der Waals surface area contributed by atoms with Crippen molar-refractivity contribution in [3.63, 3.8) is 0 Å². The third kappa shape index (κ3) is 3.33. The van der Waals surface area contributed by atoms with Gasteiger partial charge in [-0.1, -0.05) is 40.2 Å². The summed E-state index contributed by atoms with van der Waals surface area (Å²) in [6.45, 7) is 1.51. The lowest BCUT2D eigenvalue weighted by Crippen LogP contribution is -2.10. The van der Waals surface area contributed by atoms with Crippen LogP contribution in [0, 0.1) is 6.92 Å². The van der Waals surface area contributed by atoms with E-state index in [0.717, 1.165) is 0 Å². The number of aromatic carboxylic acids is 1. The number of carboxylic acids is 1. The SMILES string of the molecule is Cc1c(C(=O)O)cccc1S(=O)(=O)Cc1ccccc1Br. The van der Waals surface area contributed by atoms with E-state index in [4.69, 9.17) is 5.11 Å². The number of hydrogen-bond donors (Lipinski definition) is 1. The van der Waals surface area contributed by atoms with E-state index in [1.54, 1.807) is 24.3 Å². The predicted octanol–water partition coefficient (Wildman–Crippen LogP) is 3.43. The average molecular weight is 369 g/mol. The minimum atomic E-state index is -3.62. The van der Waals surface area contributed by atoms with E-state index in [0.29, 0.717) is 10.0 Å². The highest BCUT2D eigenvalue weighted by Gasteiger charge is 2.22. The fourth-order valence-electron chi connectivity index (χ4n) is 2.08. The number of rotatable bonds is 4. The topological polar surface area (TPSA) is 71.4 Å². The van der Waals surface area contributed by atoms with Crippen LogP contribution >= 0.6 is 15.9 Å². The first-order chi connectivity index (χ1) is 9.83. The molecule has 1 N–H and O–H groups in total. The number of benzene rings is 2. The summed E-state index contributed by atoms with van der Waals surface area (Å²) in [7, 11) is -3.62. The van der Waals surface area contributed by atoms with Gasteiger partial charge >= 0.3 is 5.97 Å². The third-order valence-electron chi connectivity index (χ3n) is 3.15. The monoisotopic (exact) mass is 368 g/mol. The molecule has 0 radical (unpaired) electrons. The Labute approximate surface area is 131 Å². The summed E-state index contributed by atoms with van der Waals surface area (Å²) in [5.41, 5.74) is 0.901. The van der Waals surface area contributed by atoms with Gasteiger partial charge in [-0.05, 0) is 36.2 Å². The molecule has 110 valence electrons. The molecule has 0 atom stereocenters. The third-order valence-corrected chi connectivity index (χ3v) is 5.73. The van der Waals surface area contributed by atoms with Gasteiger partial charge in [0.15, 0.2) is 9.84 Å². The van der Waals surface area contributed by atoms with Gasteiger partial charge in [0, 0.05) is 4.47 Å². The molecule has 0 spiro atoms. The molecule has 0 unspecified atom stereocenters. The lowest BCUT2D eigenvalue weighted by molar-refractivity contribution is 0.0696. The van der Waals surface area contributed by atoms with E-state index in [9.17, 15) is 13.2 Å². The van der Waals surface area contributed by atoms with E-state index >= 15 is 0 Å². The van der Waals surface area contributed by atoms with Crippen molar-refractivity contribution in [1.82, 2.24) is 0 Å². The maximum Gasteiger partial charge on any atom is 0.335 e. The molecular formula is C15H13BrO4S. The van der Waals surface area contributed by atoms with Crippen molar-refractivity contribution in [2.45, 2.75) is 17.6 Å². The van der Waals surface area contributed by atoms with Gasteiger partial charge in [0.1, 0.15) is 0 Å². The molecule has 0 heterocycles. The molecule has 0 fully saturated rings. The molecule has 0 amide bonds. The summed E-state index contributed by atoms with van der Waals surface area (Å²) < 4.78 is 25.8. The van der Waals surface area contributed by atoms with Gasteiger partial charge in [-0.15, -0.1) is 0 Å². The smallest absolute Gasteiger partial charge is 0.335 e. The summed E-state index contributed by atoms with van der Waals surface area (Å²) in [6.07, 6.45) is 0. The Morgan fingerprint density at radius 2 is 1.81 bits per heavy atom. The Morgan fingerprint density at radius 3 is 2.43 bits per heavy atom. The molecule has 0 bridgehead atoms. The molecular weight excluding hydrogens is 356 g/mol. The fourth-order valence-corrected chi connectivity index (χ4v) is 4.37.